The van der Waals surface area contributed by atoms with Gasteiger partial charge >= 0.3 is 5.97 Å². The van der Waals surface area contributed by atoms with Crippen LogP contribution in [0.5, 0.6) is 5.75 Å². The van der Waals surface area contributed by atoms with E-state index in [0.29, 0.717) is 42.7 Å². The Balaban J connectivity index is 1.43. The first-order chi connectivity index (χ1) is 19.2. The zero-order valence-electron chi connectivity index (χ0n) is 24.0. The summed E-state index contributed by atoms with van der Waals surface area (Å²) in [5.41, 5.74) is 4.81. The molecule has 212 valence electrons. The Hall–Kier alpha value is -3.80. The van der Waals surface area contributed by atoms with Gasteiger partial charge in [-0.2, -0.15) is 0 Å². The minimum atomic E-state index is -0.818. The summed E-state index contributed by atoms with van der Waals surface area (Å²) in [6, 6.07) is 23.3. The molecule has 1 saturated heterocycles. The van der Waals surface area contributed by atoms with Gasteiger partial charge in [-0.05, 0) is 79.0 Å². The molecule has 40 heavy (non-hydrogen) atoms. The average Bonchev–Trinajstić information content (AvgIpc) is 2.95. The number of benzene rings is 3. The molecule has 1 heterocycles. The molecular weight excluding hydrogens is 500 g/mol. The number of piperidine rings is 1. The number of nitrogens with one attached hydrogen (secondary N) is 1. The molecule has 3 aromatic carbocycles. The number of carboxylic acids is 1. The lowest BCUT2D eigenvalue weighted by Crippen LogP contribution is -2.40. The van der Waals surface area contributed by atoms with Crippen LogP contribution in [0.4, 0.5) is 5.69 Å². The van der Waals surface area contributed by atoms with Gasteiger partial charge in [-0.15, -0.1) is 0 Å². The number of ether oxygens (including phenoxy) is 1. The van der Waals surface area contributed by atoms with Gasteiger partial charge in [-0.3, -0.25) is 9.59 Å². The van der Waals surface area contributed by atoms with E-state index in [-0.39, 0.29) is 5.91 Å². The first-order valence-corrected chi connectivity index (χ1v) is 14.4. The zero-order valence-corrected chi connectivity index (χ0v) is 24.0. The van der Waals surface area contributed by atoms with Crippen LogP contribution in [0, 0.1) is 11.3 Å². The van der Waals surface area contributed by atoms with Gasteiger partial charge in [0.15, 0.2) is 0 Å². The lowest BCUT2D eigenvalue weighted by Gasteiger charge is -2.39. The molecule has 2 N–H and O–H groups in total. The minimum absolute atomic E-state index is 0.148. The topological polar surface area (TPSA) is 78.9 Å². The van der Waals surface area contributed by atoms with Gasteiger partial charge in [0.05, 0.1) is 12.5 Å². The number of nitrogens with zero attached hydrogens (tertiary/aromatic N) is 1. The lowest BCUT2D eigenvalue weighted by molar-refractivity contribution is -0.141. The van der Waals surface area contributed by atoms with Crippen LogP contribution in [-0.2, 0) is 24.2 Å². The molecule has 6 nitrogen and oxygen atoms in total. The molecule has 0 bridgehead atoms. The van der Waals surface area contributed by atoms with E-state index < -0.39 is 11.9 Å². The van der Waals surface area contributed by atoms with E-state index in [1.54, 1.807) is 0 Å². The van der Waals surface area contributed by atoms with Crippen molar-refractivity contribution >= 4 is 17.6 Å². The maximum atomic E-state index is 13.0. The van der Waals surface area contributed by atoms with Crippen LogP contribution in [-0.4, -0.2) is 36.7 Å². The molecule has 0 radical (unpaired) electrons. The second-order valence-electron chi connectivity index (χ2n) is 11.6. The van der Waals surface area contributed by atoms with E-state index in [0.717, 1.165) is 41.9 Å². The van der Waals surface area contributed by atoms with E-state index in [2.05, 4.69) is 24.1 Å². The van der Waals surface area contributed by atoms with Gasteiger partial charge < -0.3 is 20.1 Å². The number of hydrogen-bond acceptors (Lipinski definition) is 4. The summed E-state index contributed by atoms with van der Waals surface area (Å²) in [6.45, 7) is 9.58. The molecule has 3 aromatic rings. The lowest BCUT2D eigenvalue weighted by atomic mass is 9.84. The maximum absolute atomic E-state index is 13.0. The molecule has 1 amide bonds. The second-order valence-corrected chi connectivity index (χ2v) is 11.6. The van der Waals surface area contributed by atoms with Crippen molar-refractivity contribution in [2.45, 2.75) is 59.4 Å². The van der Waals surface area contributed by atoms with Crippen LogP contribution in [0.3, 0.4) is 0 Å². The van der Waals surface area contributed by atoms with Crippen LogP contribution in [0.25, 0.3) is 0 Å². The molecule has 0 unspecified atom stereocenters. The predicted octanol–water partition coefficient (Wildman–Crippen LogP) is 6.52. The molecule has 1 aliphatic rings. The number of amides is 1. The molecule has 1 aliphatic heterocycles. The Morgan fingerprint density at radius 1 is 1.00 bits per heavy atom. The van der Waals surface area contributed by atoms with Crippen molar-refractivity contribution in [3.8, 4) is 5.75 Å². The number of carbonyl (C=O) groups is 2. The average molecular weight is 543 g/mol. The quantitative estimate of drug-likeness (QED) is 0.273. The van der Waals surface area contributed by atoms with E-state index in [1.807, 2.05) is 79.7 Å². The fraction of sp³-hybridized carbons (Fsp3) is 0.412. The molecule has 0 spiro atoms. The largest absolute Gasteiger partial charge is 0.493 e. The van der Waals surface area contributed by atoms with Gasteiger partial charge in [-0.25, -0.2) is 0 Å². The molecule has 0 aromatic heterocycles. The molecule has 1 fully saturated rings. The van der Waals surface area contributed by atoms with Gasteiger partial charge in [0.2, 0.25) is 0 Å². The zero-order chi connectivity index (χ0) is 28.5. The highest BCUT2D eigenvalue weighted by molar-refractivity contribution is 5.94. The summed E-state index contributed by atoms with van der Waals surface area (Å²) in [5.74, 6) is -0.799. The molecule has 1 atom stereocenters. The summed E-state index contributed by atoms with van der Waals surface area (Å²) in [4.78, 5) is 27.5. The smallest absolute Gasteiger partial charge is 0.307 e. The normalized spacial score (nSPS) is 15.3. The summed E-state index contributed by atoms with van der Waals surface area (Å²) >= 11 is 0. The van der Waals surface area contributed by atoms with E-state index >= 15 is 0 Å². The number of aliphatic carboxylic acids is 1. The Labute approximate surface area is 238 Å². The summed E-state index contributed by atoms with van der Waals surface area (Å²) in [5, 5.41) is 12.9. The third-order valence-corrected chi connectivity index (χ3v) is 7.58. The number of anilines is 1. The Kier molecular flexibility index (Phi) is 9.86. The van der Waals surface area contributed by atoms with Crippen LogP contribution in [0.15, 0.2) is 72.8 Å². The number of carboxylic acid groups (broad SMARTS) is 1. The van der Waals surface area contributed by atoms with Gasteiger partial charge in [-0.1, -0.05) is 63.2 Å². The van der Waals surface area contributed by atoms with Crippen molar-refractivity contribution in [3.63, 3.8) is 0 Å². The first-order valence-electron chi connectivity index (χ1n) is 14.4. The van der Waals surface area contributed by atoms with Gasteiger partial charge in [0, 0.05) is 36.4 Å². The highest BCUT2D eigenvalue weighted by atomic mass is 16.5. The molecule has 0 aliphatic carbocycles. The van der Waals surface area contributed by atoms with E-state index in [9.17, 15) is 14.7 Å². The summed E-state index contributed by atoms with van der Waals surface area (Å²) in [7, 11) is 0. The van der Waals surface area contributed by atoms with Crippen molar-refractivity contribution in [3.05, 3.63) is 95.1 Å². The molecule has 0 saturated carbocycles. The van der Waals surface area contributed by atoms with E-state index in [4.69, 9.17) is 4.74 Å². The van der Waals surface area contributed by atoms with Crippen molar-refractivity contribution in [2.24, 2.45) is 11.3 Å². The van der Waals surface area contributed by atoms with Crippen LogP contribution in [0.2, 0.25) is 0 Å². The highest BCUT2D eigenvalue weighted by Gasteiger charge is 2.26. The van der Waals surface area contributed by atoms with Gasteiger partial charge in [0.25, 0.3) is 5.91 Å². The van der Waals surface area contributed by atoms with Crippen LogP contribution >= 0.6 is 0 Å². The Bertz CT molecular complexity index is 1270. The number of rotatable bonds is 12. The Morgan fingerprint density at radius 3 is 2.40 bits per heavy atom. The van der Waals surface area contributed by atoms with Gasteiger partial charge in [0.1, 0.15) is 5.75 Å². The fourth-order valence-corrected chi connectivity index (χ4v) is 5.43. The predicted molar refractivity (Wildman–Crippen MR) is 160 cm³/mol. The molecular formula is C34H42N2O4. The van der Waals surface area contributed by atoms with E-state index in [1.165, 1.54) is 12.8 Å². The third kappa shape index (κ3) is 8.10. The molecule has 6 heteroatoms. The second kappa shape index (κ2) is 13.5. The van der Waals surface area contributed by atoms with Crippen molar-refractivity contribution in [1.29, 1.82) is 0 Å². The number of hydrogen-bond donors (Lipinski definition) is 2. The maximum Gasteiger partial charge on any atom is 0.307 e. The fourth-order valence-electron chi connectivity index (χ4n) is 5.43. The minimum Gasteiger partial charge on any atom is -0.493 e. The highest BCUT2D eigenvalue weighted by Crippen LogP contribution is 2.31. The molecule has 4 rings (SSSR count). The Morgan fingerprint density at radius 2 is 1.73 bits per heavy atom. The SMILES string of the molecule is CCCOc1ccc(C[C@@H](Cc2ccccc2)C(=O)O)cc1CNC(=O)c1ccc(N2CCCC(C)(C)C2)cc1. The van der Waals surface area contributed by atoms with Crippen molar-refractivity contribution in [2.75, 3.05) is 24.6 Å². The first kappa shape index (κ1) is 29.2. The van der Waals surface area contributed by atoms with Crippen molar-refractivity contribution in [1.82, 2.24) is 5.32 Å². The summed E-state index contributed by atoms with van der Waals surface area (Å²) < 4.78 is 5.95. The van der Waals surface area contributed by atoms with Crippen LogP contribution < -0.4 is 15.0 Å². The summed E-state index contributed by atoms with van der Waals surface area (Å²) in [6.07, 6.45) is 4.14. The number of carbonyl (C=O) groups excluding carboxylic acids is 1. The monoisotopic (exact) mass is 542 g/mol. The van der Waals surface area contributed by atoms with Crippen LogP contribution in [0.1, 0.15) is 67.1 Å². The standard InChI is InChI=1S/C34H42N2O4/c1-4-19-40-31-16-11-26(21-28(33(38)39)20-25-9-6-5-7-10-25)22-29(31)23-35-32(37)27-12-14-30(15-13-27)36-18-8-17-34(2,3)24-36/h5-7,9-16,22,28H,4,8,17-21,23-24H2,1-3H3,(H,35,37)(H,38,39)/t28-/m1/s1. The van der Waals surface area contributed by atoms with Crippen molar-refractivity contribution < 1.29 is 19.4 Å². The third-order valence-electron chi connectivity index (χ3n) is 7.58.